The van der Waals surface area contributed by atoms with E-state index < -0.39 is 0 Å². The Balaban J connectivity index is 1.76. The van der Waals surface area contributed by atoms with Crippen molar-refractivity contribution in [2.75, 3.05) is 5.43 Å². The number of pyridine rings is 1. The lowest BCUT2D eigenvalue weighted by molar-refractivity contribution is 0.243. The van der Waals surface area contributed by atoms with Crippen molar-refractivity contribution in [1.29, 1.82) is 0 Å². The van der Waals surface area contributed by atoms with Crippen LogP contribution in [-0.2, 0) is 13.1 Å². The smallest absolute Gasteiger partial charge is 0.140 e. The fourth-order valence-electron chi connectivity index (χ4n) is 2.24. The number of hydrogen-bond acceptors (Lipinski definition) is 5. The van der Waals surface area contributed by atoms with Crippen molar-refractivity contribution in [3.63, 3.8) is 0 Å². The quantitative estimate of drug-likeness (QED) is 0.635. The van der Waals surface area contributed by atoms with Gasteiger partial charge in [-0.3, -0.25) is 4.90 Å². The fraction of sp³-hybridized carbons (Fsp3) is 0.357. The van der Waals surface area contributed by atoms with E-state index in [0.29, 0.717) is 16.9 Å². The number of nitrogens with zero attached hydrogens (tertiary/aromatic N) is 2. The molecule has 0 aromatic carbocycles. The first-order chi connectivity index (χ1) is 9.76. The highest BCUT2D eigenvalue weighted by atomic mass is 35.5. The van der Waals surface area contributed by atoms with Gasteiger partial charge in [0.2, 0.25) is 0 Å². The topological polar surface area (TPSA) is 54.2 Å². The SMILES string of the molecule is NNc1ccc(Cl)c(CN(Cc2ccsc2)C2CC2)n1. The van der Waals surface area contributed by atoms with Crippen molar-refractivity contribution in [1.82, 2.24) is 9.88 Å². The normalized spacial score (nSPS) is 14.8. The molecule has 1 fully saturated rings. The molecule has 20 heavy (non-hydrogen) atoms. The number of hydrogen-bond donors (Lipinski definition) is 2. The molecule has 2 heterocycles. The lowest BCUT2D eigenvalue weighted by atomic mass is 10.2. The molecule has 1 aliphatic rings. The molecule has 0 spiro atoms. The zero-order valence-electron chi connectivity index (χ0n) is 11.1. The highest BCUT2D eigenvalue weighted by Gasteiger charge is 2.29. The van der Waals surface area contributed by atoms with E-state index in [4.69, 9.17) is 17.4 Å². The molecule has 0 radical (unpaired) electrons. The number of halogens is 1. The van der Waals surface area contributed by atoms with Crippen LogP contribution in [0.4, 0.5) is 5.82 Å². The third-order valence-corrected chi connectivity index (χ3v) is 4.52. The third-order valence-electron chi connectivity index (χ3n) is 3.45. The van der Waals surface area contributed by atoms with Gasteiger partial charge in [-0.1, -0.05) is 11.6 Å². The van der Waals surface area contributed by atoms with E-state index in [2.05, 4.69) is 32.1 Å². The van der Waals surface area contributed by atoms with Gasteiger partial charge in [0, 0.05) is 19.1 Å². The maximum Gasteiger partial charge on any atom is 0.140 e. The zero-order chi connectivity index (χ0) is 13.9. The maximum atomic E-state index is 6.25. The van der Waals surface area contributed by atoms with Crippen molar-refractivity contribution in [3.8, 4) is 0 Å². The summed E-state index contributed by atoms with van der Waals surface area (Å²) in [7, 11) is 0. The van der Waals surface area contributed by atoms with Gasteiger partial charge in [0.15, 0.2) is 0 Å². The molecular formula is C14H17ClN4S. The molecular weight excluding hydrogens is 292 g/mol. The van der Waals surface area contributed by atoms with Gasteiger partial charge in [0.25, 0.3) is 0 Å². The van der Waals surface area contributed by atoms with Gasteiger partial charge in [-0.15, -0.1) is 0 Å². The fourth-order valence-corrected chi connectivity index (χ4v) is 3.06. The summed E-state index contributed by atoms with van der Waals surface area (Å²) in [5.74, 6) is 6.06. The van der Waals surface area contributed by atoms with Crippen LogP contribution in [0, 0.1) is 0 Å². The van der Waals surface area contributed by atoms with Crippen LogP contribution in [0.25, 0.3) is 0 Å². The summed E-state index contributed by atoms with van der Waals surface area (Å²) in [6.45, 7) is 1.71. The molecule has 0 saturated heterocycles. The summed E-state index contributed by atoms with van der Waals surface area (Å²) >= 11 is 7.98. The predicted octanol–water partition coefficient (Wildman–Crippen LogP) is 3.25. The van der Waals surface area contributed by atoms with Gasteiger partial charge < -0.3 is 5.43 Å². The number of thiophene rings is 1. The van der Waals surface area contributed by atoms with Crippen molar-refractivity contribution in [2.45, 2.75) is 32.0 Å². The second-order valence-electron chi connectivity index (χ2n) is 5.04. The van der Waals surface area contributed by atoms with E-state index in [1.165, 1.54) is 18.4 Å². The van der Waals surface area contributed by atoms with Crippen LogP contribution in [-0.4, -0.2) is 15.9 Å². The maximum absolute atomic E-state index is 6.25. The van der Waals surface area contributed by atoms with Crippen molar-refractivity contribution < 1.29 is 0 Å². The van der Waals surface area contributed by atoms with E-state index in [1.807, 2.05) is 6.07 Å². The molecule has 0 aliphatic heterocycles. The highest BCUT2D eigenvalue weighted by molar-refractivity contribution is 7.07. The number of nitrogen functional groups attached to an aromatic ring is 1. The number of nitrogens with one attached hydrogen (secondary N) is 1. The molecule has 1 aliphatic carbocycles. The molecule has 0 unspecified atom stereocenters. The van der Waals surface area contributed by atoms with Gasteiger partial charge in [-0.05, 0) is 47.4 Å². The van der Waals surface area contributed by atoms with Crippen LogP contribution >= 0.6 is 22.9 Å². The summed E-state index contributed by atoms with van der Waals surface area (Å²) in [5.41, 5.74) is 4.80. The number of hydrazine groups is 1. The summed E-state index contributed by atoms with van der Waals surface area (Å²) in [6.07, 6.45) is 2.52. The Hall–Kier alpha value is -1.14. The van der Waals surface area contributed by atoms with Crippen LogP contribution in [0.2, 0.25) is 5.02 Å². The van der Waals surface area contributed by atoms with Crippen LogP contribution in [0.15, 0.2) is 29.0 Å². The number of rotatable bonds is 6. The highest BCUT2D eigenvalue weighted by Crippen LogP contribution is 2.31. The minimum Gasteiger partial charge on any atom is -0.308 e. The molecule has 0 bridgehead atoms. The van der Waals surface area contributed by atoms with Crippen LogP contribution in [0.5, 0.6) is 0 Å². The second-order valence-corrected chi connectivity index (χ2v) is 6.22. The van der Waals surface area contributed by atoms with Gasteiger partial charge in [0.1, 0.15) is 5.82 Å². The molecule has 3 N–H and O–H groups in total. The van der Waals surface area contributed by atoms with Gasteiger partial charge in [0.05, 0.1) is 10.7 Å². The van der Waals surface area contributed by atoms with Gasteiger partial charge in [-0.25, -0.2) is 10.8 Å². The number of anilines is 1. The van der Waals surface area contributed by atoms with E-state index in [1.54, 1.807) is 17.4 Å². The Morgan fingerprint density at radius 1 is 1.35 bits per heavy atom. The largest absolute Gasteiger partial charge is 0.308 e. The molecule has 0 atom stereocenters. The summed E-state index contributed by atoms with van der Waals surface area (Å²) in [6, 6.07) is 6.45. The van der Waals surface area contributed by atoms with E-state index >= 15 is 0 Å². The van der Waals surface area contributed by atoms with Crippen molar-refractivity contribution in [2.24, 2.45) is 5.84 Å². The van der Waals surface area contributed by atoms with E-state index in [0.717, 1.165) is 18.8 Å². The van der Waals surface area contributed by atoms with E-state index in [-0.39, 0.29) is 0 Å². The molecule has 1 saturated carbocycles. The molecule has 106 valence electrons. The molecule has 2 aromatic rings. The van der Waals surface area contributed by atoms with Crippen molar-refractivity contribution in [3.05, 3.63) is 45.2 Å². The van der Waals surface area contributed by atoms with Crippen molar-refractivity contribution >= 4 is 28.8 Å². The first-order valence-electron chi connectivity index (χ1n) is 6.63. The molecule has 6 heteroatoms. The Kier molecular flexibility index (Phi) is 4.21. The average molecular weight is 309 g/mol. The summed E-state index contributed by atoms with van der Waals surface area (Å²) < 4.78 is 0. The Morgan fingerprint density at radius 3 is 2.85 bits per heavy atom. The van der Waals surface area contributed by atoms with Crippen LogP contribution in [0.1, 0.15) is 24.1 Å². The molecule has 0 amide bonds. The first-order valence-corrected chi connectivity index (χ1v) is 7.95. The lowest BCUT2D eigenvalue weighted by Gasteiger charge is -2.21. The Labute approximate surface area is 127 Å². The predicted molar refractivity (Wildman–Crippen MR) is 83.6 cm³/mol. The average Bonchev–Trinajstić information content (AvgIpc) is 3.18. The molecule has 3 rings (SSSR count). The molecule has 4 nitrogen and oxygen atoms in total. The lowest BCUT2D eigenvalue weighted by Crippen LogP contribution is -2.25. The Bertz CT molecular complexity index is 569. The minimum atomic E-state index is 0.649. The number of nitrogens with two attached hydrogens (primary N) is 1. The van der Waals surface area contributed by atoms with Gasteiger partial charge in [-0.2, -0.15) is 11.3 Å². The number of aromatic nitrogens is 1. The van der Waals surface area contributed by atoms with Gasteiger partial charge >= 0.3 is 0 Å². The standard InChI is InChI=1S/C14H17ClN4S/c15-12-3-4-14(18-16)17-13(12)8-19(11-1-2-11)7-10-5-6-20-9-10/h3-6,9,11H,1-2,7-8,16H2,(H,17,18). The third kappa shape index (κ3) is 3.30. The van der Waals surface area contributed by atoms with Crippen LogP contribution in [0.3, 0.4) is 0 Å². The monoisotopic (exact) mass is 308 g/mol. The second kappa shape index (κ2) is 6.10. The van der Waals surface area contributed by atoms with E-state index in [9.17, 15) is 0 Å². The minimum absolute atomic E-state index is 0.649. The van der Waals surface area contributed by atoms with Crippen LogP contribution < -0.4 is 11.3 Å². The summed E-state index contributed by atoms with van der Waals surface area (Å²) in [4.78, 5) is 6.90. The first kappa shape index (κ1) is 13.8. The zero-order valence-corrected chi connectivity index (χ0v) is 12.6. The Morgan fingerprint density at radius 2 is 2.20 bits per heavy atom. The molecule has 2 aromatic heterocycles. The summed E-state index contributed by atoms with van der Waals surface area (Å²) in [5, 5.41) is 5.01.